The number of nitrogens with zero attached hydrogens (tertiary/aromatic N) is 1. The molecule has 5 nitrogen and oxygen atoms in total. The van der Waals surface area contributed by atoms with E-state index in [0.717, 1.165) is 17.4 Å². The van der Waals surface area contributed by atoms with Crippen molar-refractivity contribution in [1.82, 2.24) is 4.98 Å². The molecule has 0 radical (unpaired) electrons. The zero-order valence-electron chi connectivity index (χ0n) is 8.48. The first-order valence-electron chi connectivity index (χ1n) is 3.25. The smallest absolute Gasteiger partial charge is 1.00 e. The number of rotatable bonds is 3. The SMILES string of the molecule is C=CC(=O)Nc1nc(C(=O)O)cs1.[H-].[Li+]. The first-order valence-corrected chi connectivity index (χ1v) is 4.13. The summed E-state index contributed by atoms with van der Waals surface area (Å²) in [6.45, 7) is 3.25. The molecule has 0 unspecified atom stereocenters. The minimum atomic E-state index is -1.12. The Bertz CT molecular complexity index is 369. The average Bonchev–Trinajstić information content (AvgIpc) is 2.52. The third kappa shape index (κ3) is 3.34. The maximum atomic E-state index is 10.8. The number of carbonyl (C=O) groups is 2. The Morgan fingerprint density at radius 2 is 2.36 bits per heavy atom. The van der Waals surface area contributed by atoms with Crippen LogP contribution in [-0.4, -0.2) is 22.0 Å². The Morgan fingerprint density at radius 3 is 2.79 bits per heavy atom. The Kier molecular flexibility index (Phi) is 5.16. The molecule has 0 aliphatic carbocycles. The molecular formula is C7H7LiN2O3S. The van der Waals surface area contributed by atoms with Gasteiger partial charge in [-0.3, -0.25) is 10.1 Å². The number of nitrogens with one attached hydrogen (secondary N) is 1. The number of thiazole rings is 1. The summed E-state index contributed by atoms with van der Waals surface area (Å²) in [5, 5.41) is 12.5. The second-order valence-corrected chi connectivity index (χ2v) is 2.89. The fourth-order valence-electron chi connectivity index (χ4n) is 0.586. The van der Waals surface area contributed by atoms with E-state index in [1.165, 1.54) is 5.38 Å². The monoisotopic (exact) mass is 206 g/mol. The maximum absolute atomic E-state index is 10.8. The van der Waals surface area contributed by atoms with E-state index in [0.29, 0.717) is 0 Å². The molecule has 1 aromatic rings. The second-order valence-electron chi connectivity index (χ2n) is 2.04. The fourth-order valence-corrected chi connectivity index (χ4v) is 1.27. The number of aromatic nitrogens is 1. The first kappa shape index (κ1) is 12.9. The van der Waals surface area contributed by atoms with Crippen LogP contribution in [0.4, 0.5) is 5.13 Å². The van der Waals surface area contributed by atoms with E-state index < -0.39 is 11.9 Å². The van der Waals surface area contributed by atoms with E-state index in [1.54, 1.807) is 0 Å². The number of hydrogen-bond donors (Lipinski definition) is 2. The summed E-state index contributed by atoms with van der Waals surface area (Å²) in [5.41, 5.74) is -0.0793. The van der Waals surface area contributed by atoms with Crippen molar-refractivity contribution < 1.29 is 35.0 Å². The summed E-state index contributed by atoms with van der Waals surface area (Å²) in [6.07, 6.45) is 1.09. The molecule has 0 aliphatic rings. The molecule has 70 valence electrons. The zero-order chi connectivity index (χ0) is 9.84. The van der Waals surface area contributed by atoms with Crippen LogP contribution in [0, 0.1) is 0 Å². The summed E-state index contributed by atoms with van der Waals surface area (Å²) in [7, 11) is 0. The van der Waals surface area contributed by atoms with E-state index in [2.05, 4.69) is 16.9 Å². The van der Waals surface area contributed by atoms with Gasteiger partial charge in [-0.2, -0.15) is 0 Å². The summed E-state index contributed by atoms with van der Waals surface area (Å²) < 4.78 is 0. The van der Waals surface area contributed by atoms with Crippen LogP contribution < -0.4 is 24.2 Å². The molecule has 2 N–H and O–H groups in total. The zero-order valence-corrected chi connectivity index (χ0v) is 8.30. The number of amides is 1. The van der Waals surface area contributed by atoms with Gasteiger partial charge < -0.3 is 6.53 Å². The number of aromatic carboxylic acids is 1. The number of carbonyl (C=O) groups excluding carboxylic acids is 1. The van der Waals surface area contributed by atoms with E-state index in [9.17, 15) is 9.59 Å². The number of anilines is 1. The van der Waals surface area contributed by atoms with Crippen molar-refractivity contribution in [1.29, 1.82) is 0 Å². The van der Waals surface area contributed by atoms with Crippen LogP contribution in [0.15, 0.2) is 18.0 Å². The maximum Gasteiger partial charge on any atom is 1.00 e. The van der Waals surface area contributed by atoms with Gasteiger partial charge in [-0.05, 0) is 6.08 Å². The van der Waals surface area contributed by atoms with Crippen molar-refractivity contribution >= 4 is 28.3 Å². The number of carboxylic acid groups (broad SMARTS) is 1. The molecule has 0 fully saturated rings. The molecule has 0 saturated carbocycles. The topological polar surface area (TPSA) is 79.3 Å². The predicted octanol–water partition coefficient (Wildman–Crippen LogP) is -1.92. The van der Waals surface area contributed by atoms with E-state index in [1.807, 2.05) is 0 Å². The number of carboxylic acids is 1. The first-order chi connectivity index (χ1) is 6.13. The largest absolute Gasteiger partial charge is 1.00 e. The molecule has 1 aromatic heterocycles. The molecule has 0 aromatic carbocycles. The van der Waals surface area contributed by atoms with Gasteiger partial charge in [-0.1, -0.05) is 6.58 Å². The van der Waals surface area contributed by atoms with Crippen LogP contribution >= 0.6 is 11.3 Å². The number of hydrogen-bond acceptors (Lipinski definition) is 4. The fraction of sp³-hybridized carbons (Fsp3) is 0. The van der Waals surface area contributed by atoms with Crippen LogP contribution in [0.2, 0.25) is 0 Å². The molecule has 1 rings (SSSR count). The Hall–Kier alpha value is -1.09. The van der Waals surface area contributed by atoms with Gasteiger partial charge in [0, 0.05) is 5.38 Å². The third-order valence-corrected chi connectivity index (χ3v) is 1.90. The standard InChI is InChI=1S/C7H6N2O3S.Li.H/c1-2-5(10)9-7-8-4(3-13-7)6(11)12;;/h2-3H,1H2,(H,11,12)(H,8,9,10);;/q;+1;-1. The Morgan fingerprint density at radius 1 is 1.71 bits per heavy atom. The van der Waals surface area contributed by atoms with E-state index >= 15 is 0 Å². The molecule has 7 heteroatoms. The van der Waals surface area contributed by atoms with E-state index in [-0.39, 0.29) is 31.1 Å². The van der Waals surface area contributed by atoms with Crippen LogP contribution in [-0.2, 0) is 4.79 Å². The van der Waals surface area contributed by atoms with Crippen LogP contribution in [0.1, 0.15) is 11.9 Å². The van der Waals surface area contributed by atoms with Gasteiger partial charge in [0.15, 0.2) is 10.8 Å². The third-order valence-electron chi connectivity index (χ3n) is 1.14. The van der Waals surface area contributed by atoms with Crippen molar-refractivity contribution in [2.75, 3.05) is 5.32 Å². The summed E-state index contributed by atoms with van der Waals surface area (Å²) in [4.78, 5) is 24.8. The molecule has 1 amide bonds. The molecule has 0 bridgehead atoms. The van der Waals surface area contributed by atoms with Gasteiger partial charge in [-0.15, -0.1) is 11.3 Å². The van der Waals surface area contributed by atoms with Crippen molar-refractivity contribution in [2.24, 2.45) is 0 Å². The van der Waals surface area contributed by atoms with Crippen LogP contribution in [0.25, 0.3) is 0 Å². The average molecular weight is 206 g/mol. The van der Waals surface area contributed by atoms with Gasteiger partial charge in [0.1, 0.15) is 0 Å². The van der Waals surface area contributed by atoms with Crippen molar-refractivity contribution in [2.45, 2.75) is 0 Å². The molecular weight excluding hydrogens is 199 g/mol. The summed E-state index contributed by atoms with van der Waals surface area (Å²) in [5.74, 6) is -1.53. The van der Waals surface area contributed by atoms with Crippen molar-refractivity contribution in [3.63, 3.8) is 0 Å². The Labute approximate surface area is 97.5 Å². The minimum Gasteiger partial charge on any atom is -1.00 e. The van der Waals surface area contributed by atoms with Crippen LogP contribution in [0.5, 0.6) is 0 Å². The van der Waals surface area contributed by atoms with Gasteiger partial charge >= 0.3 is 24.8 Å². The molecule has 0 saturated heterocycles. The molecule has 0 atom stereocenters. The molecule has 0 aliphatic heterocycles. The van der Waals surface area contributed by atoms with E-state index in [4.69, 9.17) is 5.11 Å². The van der Waals surface area contributed by atoms with Gasteiger partial charge in [0.2, 0.25) is 5.91 Å². The van der Waals surface area contributed by atoms with Crippen LogP contribution in [0.3, 0.4) is 0 Å². The quantitative estimate of drug-likeness (QED) is 0.446. The second kappa shape index (κ2) is 5.60. The molecule has 1 heterocycles. The molecule has 0 spiro atoms. The van der Waals surface area contributed by atoms with Gasteiger partial charge in [0.05, 0.1) is 0 Å². The predicted molar refractivity (Wildman–Crippen MR) is 49.0 cm³/mol. The minimum absolute atomic E-state index is 0. The normalized spacial score (nSPS) is 8.57. The van der Waals surface area contributed by atoms with Crippen molar-refractivity contribution in [3.05, 3.63) is 23.7 Å². The van der Waals surface area contributed by atoms with Gasteiger partial charge in [-0.25, -0.2) is 9.78 Å². The molecule has 14 heavy (non-hydrogen) atoms. The Balaban J connectivity index is 0. The summed E-state index contributed by atoms with van der Waals surface area (Å²) >= 11 is 1.05. The summed E-state index contributed by atoms with van der Waals surface area (Å²) in [6, 6.07) is 0. The van der Waals surface area contributed by atoms with Gasteiger partial charge in [0.25, 0.3) is 0 Å². The van der Waals surface area contributed by atoms with Crippen molar-refractivity contribution in [3.8, 4) is 0 Å².